The van der Waals surface area contributed by atoms with Crippen LogP contribution in [0.1, 0.15) is 39.0 Å². The fraction of sp³-hybridized carbons (Fsp3) is 0.857. The number of amides is 1. The summed E-state index contributed by atoms with van der Waals surface area (Å²) in [6, 6.07) is 0.583. The van der Waals surface area contributed by atoms with Gasteiger partial charge < -0.3 is 10.0 Å². The first kappa shape index (κ1) is 14.7. The minimum absolute atomic E-state index is 0.0779. The van der Waals surface area contributed by atoms with Crippen molar-refractivity contribution in [3.8, 4) is 0 Å². The van der Waals surface area contributed by atoms with Crippen molar-refractivity contribution in [1.29, 1.82) is 0 Å². The maximum Gasteiger partial charge on any atom is 0.303 e. The molecule has 0 saturated carbocycles. The summed E-state index contributed by atoms with van der Waals surface area (Å²) in [6.45, 7) is 2.00. The molecular weight excluding hydrogens is 262 g/mol. The molecule has 2 fully saturated rings. The van der Waals surface area contributed by atoms with Gasteiger partial charge in [0, 0.05) is 30.2 Å². The molecule has 2 bridgehead atoms. The molecule has 2 saturated heterocycles. The summed E-state index contributed by atoms with van der Waals surface area (Å²) in [4.78, 5) is 25.4. The maximum atomic E-state index is 12.5. The molecule has 3 unspecified atom stereocenters. The molecule has 108 valence electrons. The predicted molar refractivity (Wildman–Crippen MR) is 76.2 cm³/mol. The van der Waals surface area contributed by atoms with Crippen LogP contribution in [-0.4, -0.2) is 46.0 Å². The van der Waals surface area contributed by atoms with Crippen LogP contribution >= 0.6 is 11.8 Å². The van der Waals surface area contributed by atoms with Crippen molar-refractivity contribution in [2.24, 2.45) is 11.8 Å². The van der Waals surface area contributed by atoms with Crippen LogP contribution in [0, 0.1) is 11.8 Å². The maximum absolute atomic E-state index is 12.5. The molecule has 0 aromatic heterocycles. The number of fused-ring (bicyclic) bond motifs is 2. The van der Waals surface area contributed by atoms with Gasteiger partial charge in [0.25, 0.3) is 0 Å². The van der Waals surface area contributed by atoms with E-state index in [1.54, 1.807) is 11.8 Å². The molecular formula is C14H23NO3S. The van der Waals surface area contributed by atoms with Crippen molar-refractivity contribution >= 4 is 23.6 Å². The van der Waals surface area contributed by atoms with Crippen LogP contribution in [0.5, 0.6) is 0 Å². The number of piperidine rings is 1. The van der Waals surface area contributed by atoms with Crippen molar-refractivity contribution < 1.29 is 14.7 Å². The molecule has 1 amide bonds. The molecule has 19 heavy (non-hydrogen) atoms. The smallest absolute Gasteiger partial charge is 0.303 e. The third-order valence-electron chi connectivity index (χ3n) is 4.39. The lowest BCUT2D eigenvalue weighted by molar-refractivity contribution is -0.141. The summed E-state index contributed by atoms with van der Waals surface area (Å²) in [7, 11) is 0. The van der Waals surface area contributed by atoms with E-state index in [2.05, 4.69) is 4.90 Å². The Morgan fingerprint density at radius 3 is 2.37 bits per heavy atom. The Morgan fingerprint density at radius 2 is 1.89 bits per heavy atom. The number of aliphatic carboxylic acids is 1. The first-order valence-electron chi connectivity index (χ1n) is 7.05. The van der Waals surface area contributed by atoms with Crippen LogP contribution < -0.4 is 0 Å². The lowest BCUT2D eigenvalue weighted by Gasteiger charge is -2.40. The summed E-state index contributed by atoms with van der Waals surface area (Å²) in [6.07, 6.45) is 6.14. The van der Waals surface area contributed by atoms with Gasteiger partial charge in [-0.25, -0.2) is 0 Å². The molecule has 0 radical (unpaired) electrons. The van der Waals surface area contributed by atoms with Crippen molar-refractivity contribution in [3.63, 3.8) is 0 Å². The zero-order chi connectivity index (χ0) is 14.0. The highest BCUT2D eigenvalue weighted by Gasteiger charge is 2.44. The summed E-state index contributed by atoms with van der Waals surface area (Å²) in [5, 5.41) is 8.91. The lowest BCUT2D eigenvalue weighted by atomic mass is 9.87. The minimum Gasteiger partial charge on any atom is -0.481 e. The third kappa shape index (κ3) is 3.25. The van der Waals surface area contributed by atoms with Gasteiger partial charge in [0.15, 0.2) is 0 Å². The Bertz CT molecular complexity index is 347. The molecule has 2 rings (SSSR count). The zero-order valence-electron chi connectivity index (χ0n) is 11.7. The topological polar surface area (TPSA) is 57.6 Å². The zero-order valence-corrected chi connectivity index (χ0v) is 12.5. The SMILES string of the molecule is CSCC(C)C(=O)N1C2CCC1CC(CC(=O)O)C2. The summed E-state index contributed by atoms with van der Waals surface area (Å²) >= 11 is 1.71. The fourth-order valence-electron chi connectivity index (χ4n) is 3.64. The van der Waals surface area contributed by atoms with Crippen LogP contribution in [0.15, 0.2) is 0 Å². The highest BCUT2D eigenvalue weighted by Crippen LogP contribution is 2.40. The molecule has 5 heteroatoms. The molecule has 0 aromatic carbocycles. The second kappa shape index (κ2) is 6.16. The molecule has 0 aliphatic carbocycles. The number of carbonyl (C=O) groups is 2. The van der Waals surface area contributed by atoms with E-state index in [4.69, 9.17) is 5.11 Å². The molecule has 0 aromatic rings. The van der Waals surface area contributed by atoms with E-state index in [1.807, 2.05) is 13.2 Å². The number of carbonyl (C=O) groups excluding carboxylic acids is 1. The van der Waals surface area contributed by atoms with Crippen molar-refractivity contribution in [3.05, 3.63) is 0 Å². The van der Waals surface area contributed by atoms with E-state index >= 15 is 0 Å². The normalized spacial score (nSPS) is 31.3. The fourth-order valence-corrected chi connectivity index (χ4v) is 4.28. The van der Waals surface area contributed by atoms with Gasteiger partial charge in [0.1, 0.15) is 0 Å². The van der Waals surface area contributed by atoms with Crippen LogP contribution in [0.3, 0.4) is 0 Å². The molecule has 2 aliphatic heterocycles. The highest BCUT2D eigenvalue weighted by atomic mass is 32.2. The number of hydrogen-bond donors (Lipinski definition) is 1. The molecule has 3 atom stereocenters. The van der Waals surface area contributed by atoms with Gasteiger partial charge in [-0.15, -0.1) is 0 Å². The Kier molecular flexibility index (Phi) is 4.76. The van der Waals surface area contributed by atoms with E-state index in [0.29, 0.717) is 12.1 Å². The van der Waals surface area contributed by atoms with Crippen molar-refractivity contribution in [2.75, 3.05) is 12.0 Å². The van der Waals surface area contributed by atoms with E-state index in [9.17, 15) is 9.59 Å². The number of hydrogen-bond acceptors (Lipinski definition) is 3. The van der Waals surface area contributed by atoms with E-state index in [1.165, 1.54) is 0 Å². The van der Waals surface area contributed by atoms with E-state index < -0.39 is 5.97 Å². The number of nitrogens with zero attached hydrogens (tertiary/aromatic N) is 1. The highest BCUT2D eigenvalue weighted by molar-refractivity contribution is 7.98. The molecule has 1 N–H and O–H groups in total. The number of rotatable bonds is 5. The van der Waals surface area contributed by atoms with Gasteiger partial charge >= 0.3 is 5.97 Å². The first-order valence-corrected chi connectivity index (χ1v) is 8.45. The van der Waals surface area contributed by atoms with Crippen molar-refractivity contribution in [2.45, 2.75) is 51.1 Å². The second-order valence-corrected chi connectivity index (χ2v) is 6.83. The number of carboxylic acid groups (broad SMARTS) is 1. The largest absolute Gasteiger partial charge is 0.481 e. The molecule has 2 heterocycles. The Hall–Kier alpha value is -0.710. The predicted octanol–water partition coefficient (Wildman–Crippen LogP) is 2.23. The van der Waals surface area contributed by atoms with Crippen LogP contribution in [0.4, 0.5) is 0 Å². The summed E-state index contributed by atoms with van der Waals surface area (Å²) in [5.41, 5.74) is 0. The first-order chi connectivity index (χ1) is 9.02. The van der Waals surface area contributed by atoms with Gasteiger partial charge in [-0.3, -0.25) is 9.59 Å². The standard InChI is InChI=1S/C14H23NO3S/c1-9(8-19-2)14(18)15-11-3-4-12(15)6-10(5-11)7-13(16)17/h9-12H,3-8H2,1-2H3,(H,16,17). The van der Waals surface area contributed by atoms with Gasteiger partial charge in [0.2, 0.25) is 5.91 Å². The third-order valence-corrected chi connectivity index (χ3v) is 5.22. The van der Waals surface area contributed by atoms with Gasteiger partial charge in [-0.05, 0) is 37.9 Å². The lowest BCUT2D eigenvalue weighted by Crippen LogP contribution is -2.49. The summed E-state index contributed by atoms with van der Waals surface area (Å²) in [5.74, 6) is 0.771. The summed E-state index contributed by atoms with van der Waals surface area (Å²) < 4.78 is 0. The van der Waals surface area contributed by atoms with Gasteiger partial charge in [-0.2, -0.15) is 11.8 Å². The second-order valence-electron chi connectivity index (χ2n) is 5.92. The molecule has 0 spiro atoms. The quantitative estimate of drug-likeness (QED) is 0.841. The number of carboxylic acids is 1. The average molecular weight is 285 g/mol. The molecule has 2 aliphatic rings. The van der Waals surface area contributed by atoms with Crippen LogP contribution in [-0.2, 0) is 9.59 Å². The van der Waals surface area contributed by atoms with Gasteiger partial charge in [-0.1, -0.05) is 6.92 Å². The number of thioether (sulfide) groups is 1. The van der Waals surface area contributed by atoms with Crippen molar-refractivity contribution in [1.82, 2.24) is 4.90 Å². The Morgan fingerprint density at radius 1 is 1.32 bits per heavy atom. The Labute approximate surface area is 118 Å². The van der Waals surface area contributed by atoms with Gasteiger partial charge in [0.05, 0.1) is 0 Å². The minimum atomic E-state index is -0.708. The van der Waals surface area contributed by atoms with E-state index in [-0.39, 0.29) is 24.2 Å². The molecule has 4 nitrogen and oxygen atoms in total. The Balaban J connectivity index is 1.99. The van der Waals surface area contributed by atoms with Crippen LogP contribution in [0.25, 0.3) is 0 Å². The monoisotopic (exact) mass is 285 g/mol. The van der Waals surface area contributed by atoms with E-state index in [0.717, 1.165) is 31.4 Å². The average Bonchev–Trinajstić information content (AvgIpc) is 2.59. The van der Waals surface area contributed by atoms with Crippen LogP contribution in [0.2, 0.25) is 0 Å².